The molecule has 2 aromatic rings. The highest BCUT2D eigenvalue weighted by Crippen LogP contribution is 2.44. The molecule has 136 valence electrons. The van der Waals surface area contributed by atoms with Gasteiger partial charge in [0.05, 0.1) is 18.7 Å². The van der Waals surface area contributed by atoms with Crippen LogP contribution in [0.5, 0.6) is 0 Å². The standard InChI is InChI=1S/C21H23NO3S/c1-20(2,3)26-18(23)13-21(25)16-11-7-8-12-17(16)22(19(21)24)14-15-9-5-4-6-10-15/h4-12,25H,13-14H2,1-3H3/t21-/m1/s1. The summed E-state index contributed by atoms with van der Waals surface area (Å²) in [6.45, 7) is 6.17. The summed E-state index contributed by atoms with van der Waals surface area (Å²) in [4.78, 5) is 27.1. The van der Waals surface area contributed by atoms with Crippen molar-refractivity contribution < 1.29 is 14.7 Å². The van der Waals surface area contributed by atoms with E-state index in [-0.39, 0.29) is 16.3 Å². The summed E-state index contributed by atoms with van der Waals surface area (Å²) >= 11 is 1.15. The normalized spacial score (nSPS) is 19.5. The first-order valence-electron chi connectivity index (χ1n) is 8.60. The van der Waals surface area contributed by atoms with Crippen molar-refractivity contribution in [1.29, 1.82) is 0 Å². The predicted molar refractivity (Wildman–Crippen MR) is 105 cm³/mol. The van der Waals surface area contributed by atoms with Crippen LogP contribution in [0.3, 0.4) is 0 Å². The fraction of sp³-hybridized carbons (Fsp3) is 0.333. The average Bonchev–Trinajstić information content (AvgIpc) is 2.76. The van der Waals surface area contributed by atoms with Crippen LogP contribution < -0.4 is 4.90 Å². The molecule has 2 aromatic carbocycles. The molecule has 1 amide bonds. The Kier molecular flexibility index (Phi) is 4.95. The molecule has 0 saturated carbocycles. The van der Waals surface area contributed by atoms with E-state index in [1.807, 2.05) is 63.2 Å². The number of nitrogens with zero attached hydrogens (tertiary/aromatic N) is 1. The maximum Gasteiger partial charge on any atom is 0.264 e. The van der Waals surface area contributed by atoms with Gasteiger partial charge in [0.1, 0.15) is 0 Å². The van der Waals surface area contributed by atoms with Gasteiger partial charge in [-0.25, -0.2) is 0 Å². The highest BCUT2D eigenvalue weighted by atomic mass is 32.2. The fourth-order valence-corrected chi connectivity index (χ4v) is 4.15. The Balaban J connectivity index is 1.92. The van der Waals surface area contributed by atoms with Crippen LogP contribution in [0.1, 0.15) is 38.3 Å². The second-order valence-electron chi connectivity index (χ2n) is 7.52. The van der Waals surface area contributed by atoms with Crippen LogP contribution in [0.25, 0.3) is 0 Å². The second-order valence-corrected chi connectivity index (χ2v) is 9.40. The van der Waals surface area contributed by atoms with E-state index in [1.165, 1.54) is 0 Å². The summed E-state index contributed by atoms with van der Waals surface area (Å²) in [5.74, 6) is -0.439. The number of anilines is 1. The van der Waals surface area contributed by atoms with Gasteiger partial charge in [-0.15, -0.1) is 0 Å². The molecule has 1 atom stereocenters. The van der Waals surface area contributed by atoms with Crippen LogP contribution in [0.15, 0.2) is 54.6 Å². The third kappa shape index (κ3) is 3.69. The summed E-state index contributed by atoms with van der Waals surface area (Å²) in [5, 5.41) is 11.0. The Labute approximate surface area is 158 Å². The maximum absolute atomic E-state index is 13.1. The highest BCUT2D eigenvalue weighted by molar-refractivity contribution is 8.14. The number of benzene rings is 2. The lowest BCUT2D eigenvalue weighted by molar-refractivity contribution is -0.139. The number of para-hydroxylation sites is 1. The molecule has 3 rings (SSSR count). The Morgan fingerprint density at radius 3 is 2.35 bits per heavy atom. The van der Waals surface area contributed by atoms with Gasteiger partial charge in [-0.1, -0.05) is 81.1 Å². The number of hydrogen-bond acceptors (Lipinski definition) is 4. The zero-order valence-corrected chi connectivity index (χ0v) is 16.0. The maximum atomic E-state index is 13.1. The zero-order chi connectivity index (χ0) is 18.9. The fourth-order valence-electron chi connectivity index (χ4n) is 3.19. The molecule has 5 heteroatoms. The molecule has 26 heavy (non-hydrogen) atoms. The van der Waals surface area contributed by atoms with E-state index >= 15 is 0 Å². The van der Waals surface area contributed by atoms with Gasteiger partial charge in [-0.2, -0.15) is 0 Å². The van der Waals surface area contributed by atoms with Gasteiger partial charge in [0.15, 0.2) is 10.7 Å². The van der Waals surface area contributed by atoms with Crippen LogP contribution in [0.2, 0.25) is 0 Å². The molecule has 0 unspecified atom stereocenters. The average molecular weight is 369 g/mol. The summed E-state index contributed by atoms with van der Waals surface area (Å²) in [6.07, 6.45) is -0.226. The third-order valence-corrected chi connectivity index (χ3v) is 5.23. The molecule has 0 saturated heterocycles. The lowest BCUT2D eigenvalue weighted by Crippen LogP contribution is -2.41. The van der Waals surface area contributed by atoms with E-state index in [0.29, 0.717) is 17.8 Å². The smallest absolute Gasteiger partial charge is 0.264 e. The van der Waals surface area contributed by atoms with Crippen molar-refractivity contribution in [2.75, 3.05) is 4.90 Å². The van der Waals surface area contributed by atoms with Gasteiger partial charge in [0.2, 0.25) is 0 Å². The first-order valence-corrected chi connectivity index (χ1v) is 9.42. The Morgan fingerprint density at radius 2 is 1.69 bits per heavy atom. The van der Waals surface area contributed by atoms with Crippen molar-refractivity contribution in [3.05, 3.63) is 65.7 Å². The number of thioether (sulfide) groups is 1. The largest absolute Gasteiger partial charge is 0.375 e. The van der Waals surface area contributed by atoms with Crippen molar-refractivity contribution in [3.8, 4) is 0 Å². The van der Waals surface area contributed by atoms with Crippen molar-refractivity contribution in [1.82, 2.24) is 0 Å². The number of carbonyl (C=O) groups excluding carboxylic acids is 2. The molecule has 4 nitrogen and oxygen atoms in total. The number of hydrogen-bond donors (Lipinski definition) is 1. The molecular weight excluding hydrogens is 346 g/mol. The molecule has 0 radical (unpaired) electrons. The minimum Gasteiger partial charge on any atom is -0.375 e. The molecule has 0 aliphatic carbocycles. The van der Waals surface area contributed by atoms with Gasteiger partial charge in [0, 0.05) is 10.3 Å². The minimum atomic E-state index is -1.80. The van der Waals surface area contributed by atoms with Crippen molar-refractivity contribution in [3.63, 3.8) is 0 Å². The first kappa shape index (κ1) is 18.7. The van der Waals surface area contributed by atoms with Crippen LogP contribution in [0, 0.1) is 0 Å². The summed E-state index contributed by atoms with van der Waals surface area (Å²) in [5.41, 5.74) is 0.331. The lowest BCUT2D eigenvalue weighted by atomic mass is 9.92. The number of fused-ring (bicyclic) bond motifs is 1. The molecule has 0 bridgehead atoms. The Morgan fingerprint density at radius 1 is 1.08 bits per heavy atom. The predicted octanol–water partition coefficient (Wildman–Crippen LogP) is 3.87. The van der Waals surface area contributed by atoms with E-state index in [0.717, 1.165) is 17.3 Å². The molecular formula is C21H23NO3S. The van der Waals surface area contributed by atoms with Crippen molar-refractivity contribution in [2.45, 2.75) is 44.1 Å². The summed E-state index contributed by atoms with van der Waals surface area (Å²) in [7, 11) is 0. The van der Waals surface area contributed by atoms with E-state index in [4.69, 9.17) is 0 Å². The van der Waals surface area contributed by atoms with Gasteiger partial charge in [0.25, 0.3) is 5.91 Å². The number of amides is 1. The van der Waals surface area contributed by atoms with Gasteiger partial charge in [-0.3, -0.25) is 9.59 Å². The SMILES string of the molecule is CC(C)(C)SC(=O)C[C@]1(O)C(=O)N(Cc2ccccc2)c2ccccc21. The zero-order valence-electron chi connectivity index (χ0n) is 15.2. The highest BCUT2D eigenvalue weighted by Gasteiger charge is 2.50. The van der Waals surface area contributed by atoms with Crippen molar-refractivity contribution in [2.24, 2.45) is 0 Å². The summed E-state index contributed by atoms with van der Waals surface area (Å²) in [6, 6.07) is 16.8. The third-order valence-electron chi connectivity index (χ3n) is 4.24. The first-order chi connectivity index (χ1) is 12.2. The Bertz CT molecular complexity index is 829. The molecule has 1 aliphatic heterocycles. The topological polar surface area (TPSA) is 57.6 Å². The van der Waals surface area contributed by atoms with Gasteiger partial charge in [-0.05, 0) is 11.6 Å². The summed E-state index contributed by atoms with van der Waals surface area (Å²) < 4.78 is -0.266. The number of rotatable bonds is 4. The van der Waals surface area contributed by atoms with E-state index < -0.39 is 11.5 Å². The van der Waals surface area contributed by atoms with Crippen molar-refractivity contribution >= 4 is 28.5 Å². The molecule has 0 spiro atoms. The van der Waals surface area contributed by atoms with Gasteiger partial charge < -0.3 is 10.0 Å². The second kappa shape index (κ2) is 6.89. The van der Waals surface area contributed by atoms with Crippen LogP contribution in [-0.2, 0) is 21.7 Å². The molecule has 0 aromatic heterocycles. The Hall–Kier alpha value is -2.11. The monoisotopic (exact) mass is 369 g/mol. The van der Waals surface area contributed by atoms with Gasteiger partial charge >= 0.3 is 0 Å². The molecule has 1 N–H and O–H groups in total. The van der Waals surface area contributed by atoms with Crippen LogP contribution in [-0.4, -0.2) is 20.9 Å². The van der Waals surface area contributed by atoms with E-state index in [9.17, 15) is 14.7 Å². The minimum absolute atomic E-state index is 0.190. The molecule has 0 fully saturated rings. The lowest BCUT2D eigenvalue weighted by Gasteiger charge is -2.24. The van der Waals surface area contributed by atoms with E-state index in [2.05, 4.69) is 0 Å². The van der Waals surface area contributed by atoms with Crippen LogP contribution in [0.4, 0.5) is 5.69 Å². The number of aliphatic hydroxyl groups is 1. The number of carbonyl (C=O) groups is 2. The molecule has 1 aliphatic rings. The van der Waals surface area contributed by atoms with E-state index in [1.54, 1.807) is 17.0 Å². The quantitative estimate of drug-likeness (QED) is 0.889. The molecule has 1 heterocycles. The van der Waals surface area contributed by atoms with Crippen LogP contribution >= 0.6 is 11.8 Å².